The Balaban J connectivity index is 1.52. The number of hydrogen-bond acceptors (Lipinski definition) is 6. The molecule has 0 saturated carbocycles. The number of nitrogens with one attached hydrogen (secondary N) is 3. The zero-order valence-corrected chi connectivity index (χ0v) is 21.5. The van der Waals surface area contributed by atoms with Gasteiger partial charge in [0.1, 0.15) is 0 Å². The van der Waals surface area contributed by atoms with Gasteiger partial charge in [0.05, 0.1) is 0 Å². The molecule has 1 aromatic carbocycles. The van der Waals surface area contributed by atoms with Gasteiger partial charge >= 0.3 is 0 Å². The second-order valence-corrected chi connectivity index (χ2v) is 9.21. The van der Waals surface area contributed by atoms with Crippen LogP contribution in [-0.2, 0) is 39.3 Å². The minimum atomic E-state index is 0.795. The van der Waals surface area contributed by atoms with Crippen molar-refractivity contribution in [3.8, 4) is 0 Å². The maximum Gasteiger partial charge on any atom is 0.0312 e. The lowest BCUT2D eigenvalue weighted by molar-refractivity contribution is 0.654. The molecule has 0 atom stereocenters. The Hall–Kier alpha value is -3.45. The lowest BCUT2D eigenvalue weighted by Crippen LogP contribution is -2.22. The Morgan fingerprint density at radius 3 is 1.03 bits per heavy atom. The highest BCUT2D eigenvalue weighted by atomic mass is 14.9. The van der Waals surface area contributed by atoms with Crippen LogP contribution in [0.3, 0.4) is 0 Å². The monoisotopic (exact) mass is 480 g/mol. The van der Waals surface area contributed by atoms with Gasteiger partial charge in [0.25, 0.3) is 0 Å². The summed E-state index contributed by atoms with van der Waals surface area (Å²) in [6.07, 6.45) is 11.2. The zero-order valence-electron chi connectivity index (χ0n) is 21.5. The zero-order chi connectivity index (χ0) is 25.2. The van der Waals surface area contributed by atoms with Crippen LogP contribution in [0.5, 0.6) is 0 Å². The molecule has 6 nitrogen and oxygen atoms in total. The number of benzene rings is 1. The summed E-state index contributed by atoms with van der Waals surface area (Å²) in [7, 11) is 0. The summed E-state index contributed by atoms with van der Waals surface area (Å²) >= 11 is 0. The van der Waals surface area contributed by atoms with Gasteiger partial charge in [-0.05, 0) is 89.0 Å². The number of nitrogens with zero attached hydrogens (tertiary/aromatic N) is 3. The van der Waals surface area contributed by atoms with Crippen LogP contribution in [-0.4, -0.2) is 15.0 Å². The van der Waals surface area contributed by atoms with Gasteiger partial charge in [0.15, 0.2) is 0 Å². The van der Waals surface area contributed by atoms with Gasteiger partial charge in [-0.1, -0.05) is 18.2 Å². The van der Waals surface area contributed by atoms with Gasteiger partial charge in [-0.2, -0.15) is 0 Å². The SMILES string of the molecule is Cc1c(CNCc2cccnc2)c(C)c(CNCc2cccnc2)c(C)c1CNCc1cccnc1. The van der Waals surface area contributed by atoms with E-state index in [1.807, 2.05) is 55.4 Å². The van der Waals surface area contributed by atoms with Crippen molar-refractivity contribution >= 4 is 0 Å². The third kappa shape index (κ3) is 6.82. The van der Waals surface area contributed by atoms with Crippen LogP contribution in [0.25, 0.3) is 0 Å². The molecule has 3 heterocycles. The van der Waals surface area contributed by atoms with Crippen molar-refractivity contribution < 1.29 is 0 Å². The maximum atomic E-state index is 4.24. The molecule has 4 rings (SSSR count). The van der Waals surface area contributed by atoms with Crippen molar-refractivity contribution in [1.29, 1.82) is 0 Å². The molecule has 0 fully saturated rings. The highest BCUT2D eigenvalue weighted by Gasteiger charge is 2.17. The minimum Gasteiger partial charge on any atom is -0.309 e. The lowest BCUT2D eigenvalue weighted by atomic mass is 9.87. The van der Waals surface area contributed by atoms with Crippen LogP contribution in [0.2, 0.25) is 0 Å². The van der Waals surface area contributed by atoms with Gasteiger partial charge < -0.3 is 16.0 Å². The van der Waals surface area contributed by atoms with Gasteiger partial charge in [0.2, 0.25) is 0 Å². The first-order chi connectivity index (χ1) is 17.6. The van der Waals surface area contributed by atoms with E-state index in [2.05, 4.69) is 69.9 Å². The molecule has 6 heteroatoms. The van der Waals surface area contributed by atoms with E-state index in [9.17, 15) is 0 Å². The molecular weight excluding hydrogens is 444 g/mol. The van der Waals surface area contributed by atoms with Crippen LogP contribution < -0.4 is 16.0 Å². The van der Waals surface area contributed by atoms with Crippen molar-refractivity contribution in [3.63, 3.8) is 0 Å². The molecule has 0 amide bonds. The molecule has 0 saturated heterocycles. The van der Waals surface area contributed by atoms with E-state index in [1.165, 1.54) is 50.1 Å². The summed E-state index contributed by atoms with van der Waals surface area (Å²) < 4.78 is 0. The van der Waals surface area contributed by atoms with Gasteiger partial charge in [-0.15, -0.1) is 0 Å². The molecule has 0 spiro atoms. The van der Waals surface area contributed by atoms with E-state index < -0.39 is 0 Å². The molecule has 0 radical (unpaired) electrons. The van der Waals surface area contributed by atoms with Crippen molar-refractivity contribution in [1.82, 2.24) is 30.9 Å². The normalized spacial score (nSPS) is 11.1. The molecule has 3 N–H and O–H groups in total. The fourth-order valence-electron chi connectivity index (χ4n) is 4.69. The maximum absolute atomic E-state index is 4.24. The molecule has 0 aliphatic carbocycles. The topological polar surface area (TPSA) is 74.8 Å². The number of rotatable bonds is 12. The van der Waals surface area contributed by atoms with Crippen molar-refractivity contribution in [3.05, 3.63) is 124 Å². The van der Waals surface area contributed by atoms with E-state index in [0.717, 1.165) is 39.3 Å². The van der Waals surface area contributed by atoms with Crippen LogP contribution in [0.15, 0.2) is 73.6 Å². The second kappa shape index (κ2) is 13.0. The Morgan fingerprint density at radius 1 is 0.472 bits per heavy atom. The molecule has 36 heavy (non-hydrogen) atoms. The lowest BCUT2D eigenvalue weighted by Gasteiger charge is -2.23. The minimum absolute atomic E-state index is 0.795. The third-order valence-electron chi connectivity index (χ3n) is 6.78. The fourth-order valence-corrected chi connectivity index (χ4v) is 4.69. The molecule has 0 bridgehead atoms. The first-order valence-corrected chi connectivity index (χ1v) is 12.5. The molecule has 0 aliphatic heterocycles. The molecule has 0 unspecified atom stereocenters. The van der Waals surface area contributed by atoms with Crippen LogP contribution in [0.4, 0.5) is 0 Å². The van der Waals surface area contributed by atoms with E-state index in [0.29, 0.717) is 0 Å². The highest BCUT2D eigenvalue weighted by molar-refractivity contribution is 5.50. The first-order valence-electron chi connectivity index (χ1n) is 12.5. The number of hydrogen-bond donors (Lipinski definition) is 3. The Labute approximate surface area is 214 Å². The third-order valence-corrected chi connectivity index (χ3v) is 6.78. The van der Waals surface area contributed by atoms with Crippen LogP contribution >= 0.6 is 0 Å². The average Bonchev–Trinajstić information content (AvgIpc) is 2.92. The standard InChI is InChI=1S/C30H36N6/c1-22-28(19-34-16-25-7-4-10-31-13-25)23(2)30(21-36-18-27-9-6-12-33-15-27)24(3)29(22)20-35-17-26-8-5-11-32-14-26/h4-15,34-36H,16-21H2,1-3H3. The summed E-state index contributed by atoms with van der Waals surface area (Å²) in [5.41, 5.74) is 11.8. The van der Waals surface area contributed by atoms with Gasteiger partial charge in [0, 0.05) is 76.4 Å². The first kappa shape index (κ1) is 25.6. The molecule has 186 valence electrons. The number of aromatic nitrogens is 3. The summed E-state index contributed by atoms with van der Waals surface area (Å²) in [6.45, 7) is 11.6. The second-order valence-electron chi connectivity index (χ2n) is 9.21. The predicted molar refractivity (Wildman–Crippen MR) is 145 cm³/mol. The highest BCUT2D eigenvalue weighted by Crippen LogP contribution is 2.28. The summed E-state index contributed by atoms with van der Waals surface area (Å²) in [4.78, 5) is 12.7. The average molecular weight is 481 g/mol. The van der Waals surface area contributed by atoms with Crippen molar-refractivity contribution in [2.45, 2.75) is 60.0 Å². The summed E-state index contributed by atoms with van der Waals surface area (Å²) in [5.74, 6) is 0. The van der Waals surface area contributed by atoms with E-state index in [1.54, 1.807) is 0 Å². The van der Waals surface area contributed by atoms with Crippen molar-refractivity contribution in [2.24, 2.45) is 0 Å². The smallest absolute Gasteiger partial charge is 0.0312 e. The van der Waals surface area contributed by atoms with Gasteiger partial charge in [-0.3, -0.25) is 15.0 Å². The Morgan fingerprint density at radius 2 is 0.778 bits per heavy atom. The fraction of sp³-hybridized carbons (Fsp3) is 0.300. The van der Waals surface area contributed by atoms with E-state index in [4.69, 9.17) is 0 Å². The Bertz CT molecular complexity index is 1050. The molecule has 4 aromatic rings. The van der Waals surface area contributed by atoms with Crippen LogP contribution in [0, 0.1) is 20.8 Å². The molecular formula is C30H36N6. The van der Waals surface area contributed by atoms with E-state index >= 15 is 0 Å². The van der Waals surface area contributed by atoms with Crippen LogP contribution in [0.1, 0.15) is 50.1 Å². The number of pyridine rings is 3. The summed E-state index contributed by atoms with van der Waals surface area (Å²) in [6, 6.07) is 12.3. The quantitative estimate of drug-likeness (QED) is 0.274. The predicted octanol–water partition coefficient (Wildman–Crippen LogP) is 4.67. The van der Waals surface area contributed by atoms with E-state index in [-0.39, 0.29) is 0 Å². The Kier molecular flexibility index (Phi) is 9.27. The molecule has 3 aromatic heterocycles. The largest absolute Gasteiger partial charge is 0.309 e. The molecule has 0 aliphatic rings. The van der Waals surface area contributed by atoms with Gasteiger partial charge in [-0.25, -0.2) is 0 Å². The van der Waals surface area contributed by atoms with Crippen molar-refractivity contribution in [2.75, 3.05) is 0 Å². The summed E-state index contributed by atoms with van der Waals surface area (Å²) in [5, 5.41) is 10.9.